The van der Waals surface area contributed by atoms with Gasteiger partial charge in [-0.2, -0.15) is 0 Å². The predicted octanol–water partition coefficient (Wildman–Crippen LogP) is 4.69. The summed E-state index contributed by atoms with van der Waals surface area (Å²) < 4.78 is 5.28. The van der Waals surface area contributed by atoms with Crippen LogP contribution in [0.25, 0.3) is 11.3 Å². The number of para-hydroxylation sites is 2. The average molecular weight is 397 g/mol. The number of aryl methyl sites for hydroxylation is 1. The van der Waals surface area contributed by atoms with E-state index in [1.807, 2.05) is 17.5 Å². The number of nitrogens with zero attached hydrogens (tertiary/aromatic N) is 2. The Hall–Kier alpha value is -3.26. The van der Waals surface area contributed by atoms with E-state index in [-0.39, 0.29) is 18.0 Å². The van der Waals surface area contributed by atoms with Crippen LogP contribution >= 0.6 is 11.3 Å². The van der Waals surface area contributed by atoms with Gasteiger partial charge in [-0.1, -0.05) is 49.7 Å². The minimum atomic E-state index is -0.549. The fraction of sp³-hybridized carbons (Fsp3) is 0.200. The Morgan fingerprint density at radius 2 is 1.96 bits per heavy atom. The van der Waals surface area contributed by atoms with Gasteiger partial charge in [-0.3, -0.25) is 20.2 Å². The second-order valence-corrected chi connectivity index (χ2v) is 6.90. The van der Waals surface area contributed by atoms with Crippen molar-refractivity contribution < 1.29 is 14.5 Å². The van der Waals surface area contributed by atoms with Crippen LogP contribution in [0.2, 0.25) is 0 Å². The van der Waals surface area contributed by atoms with E-state index in [9.17, 15) is 14.9 Å². The van der Waals surface area contributed by atoms with Crippen molar-refractivity contribution >= 4 is 28.1 Å². The molecule has 0 atom stereocenters. The highest BCUT2D eigenvalue weighted by Crippen LogP contribution is 2.27. The average Bonchev–Trinajstić information content (AvgIpc) is 3.16. The van der Waals surface area contributed by atoms with Crippen LogP contribution in [0.3, 0.4) is 0 Å². The zero-order valence-corrected chi connectivity index (χ0v) is 16.1. The maximum atomic E-state index is 12.1. The highest BCUT2D eigenvalue weighted by atomic mass is 32.1. The van der Waals surface area contributed by atoms with Crippen molar-refractivity contribution in [1.29, 1.82) is 0 Å². The van der Waals surface area contributed by atoms with E-state index in [2.05, 4.69) is 29.4 Å². The molecule has 7 nitrogen and oxygen atoms in total. The van der Waals surface area contributed by atoms with Crippen LogP contribution in [0.4, 0.5) is 10.8 Å². The smallest absolute Gasteiger partial charge is 0.310 e. The molecule has 1 aromatic heterocycles. The number of thiazole rings is 1. The van der Waals surface area contributed by atoms with Crippen molar-refractivity contribution in [3.8, 4) is 17.0 Å². The zero-order valence-electron chi connectivity index (χ0n) is 15.3. The molecule has 1 heterocycles. The number of amides is 1. The number of rotatable bonds is 8. The molecule has 1 amide bonds. The van der Waals surface area contributed by atoms with Gasteiger partial charge in [0.25, 0.3) is 5.91 Å². The molecule has 0 aliphatic carbocycles. The highest BCUT2D eigenvalue weighted by molar-refractivity contribution is 7.14. The third kappa shape index (κ3) is 4.92. The van der Waals surface area contributed by atoms with Gasteiger partial charge in [0.2, 0.25) is 0 Å². The molecule has 0 fully saturated rings. The number of hydrogen-bond acceptors (Lipinski definition) is 6. The van der Waals surface area contributed by atoms with E-state index >= 15 is 0 Å². The Balaban J connectivity index is 1.59. The van der Waals surface area contributed by atoms with Crippen LogP contribution in [-0.2, 0) is 11.2 Å². The summed E-state index contributed by atoms with van der Waals surface area (Å²) >= 11 is 1.31. The van der Waals surface area contributed by atoms with E-state index in [4.69, 9.17) is 4.74 Å². The first-order valence-electron chi connectivity index (χ1n) is 8.77. The number of carbonyl (C=O) groups excluding carboxylic acids is 1. The molecule has 0 spiro atoms. The molecular weight excluding hydrogens is 378 g/mol. The van der Waals surface area contributed by atoms with Crippen molar-refractivity contribution in [2.75, 3.05) is 11.9 Å². The number of benzene rings is 2. The summed E-state index contributed by atoms with van der Waals surface area (Å²) in [5.74, 6) is -0.382. The van der Waals surface area contributed by atoms with Crippen molar-refractivity contribution in [2.45, 2.75) is 19.8 Å². The fourth-order valence-electron chi connectivity index (χ4n) is 2.62. The molecule has 0 unspecified atom stereocenters. The van der Waals surface area contributed by atoms with Crippen molar-refractivity contribution in [3.63, 3.8) is 0 Å². The number of anilines is 1. The fourth-order valence-corrected chi connectivity index (χ4v) is 3.36. The number of ether oxygens (including phenoxy) is 1. The Morgan fingerprint density at radius 1 is 1.21 bits per heavy atom. The highest BCUT2D eigenvalue weighted by Gasteiger charge is 2.15. The van der Waals surface area contributed by atoms with E-state index in [0.717, 1.165) is 24.1 Å². The topological polar surface area (TPSA) is 94.4 Å². The summed E-state index contributed by atoms with van der Waals surface area (Å²) in [4.78, 5) is 26.9. The Morgan fingerprint density at radius 3 is 2.68 bits per heavy atom. The van der Waals surface area contributed by atoms with Gasteiger partial charge < -0.3 is 4.74 Å². The quantitative estimate of drug-likeness (QED) is 0.440. The van der Waals surface area contributed by atoms with Crippen LogP contribution in [0.15, 0.2) is 53.9 Å². The minimum absolute atomic E-state index is 0.0506. The summed E-state index contributed by atoms with van der Waals surface area (Å²) in [6.07, 6.45) is 2.14. The van der Waals surface area contributed by atoms with Crippen molar-refractivity contribution in [1.82, 2.24) is 4.98 Å². The molecule has 1 N–H and O–H groups in total. The number of aromatic nitrogens is 1. The monoisotopic (exact) mass is 397 g/mol. The Labute approximate surface area is 166 Å². The predicted molar refractivity (Wildman–Crippen MR) is 109 cm³/mol. The first-order chi connectivity index (χ1) is 13.6. The molecule has 2 aromatic carbocycles. The number of carbonyl (C=O) groups is 1. The largest absolute Gasteiger partial charge is 0.477 e. The zero-order chi connectivity index (χ0) is 19.9. The van der Waals surface area contributed by atoms with Crippen LogP contribution in [0, 0.1) is 10.1 Å². The summed E-state index contributed by atoms with van der Waals surface area (Å²) in [7, 11) is 0. The number of hydrogen-bond donors (Lipinski definition) is 1. The third-order valence-corrected chi connectivity index (χ3v) is 4.72. The summed E-state index contributed by atoms with van der Waals surface area (Å²) in [5.41, 5.74) is 2.86. The Bertz CT molecular complexity index is 970. The molecule has 0 bridgehead atoms. The second kappa shape index (κ2) is 9.09. The minimum Gasteiger partial charge on any atom is -0.477 e. The molecule has 0 saturated heterocycles. The normalized spacial score (nSPS) is 10.5. The molecule has 28 heavy (non-hydrogen) atoms. The van der Waals surface area contributed by atoms with Gasteiger partial charge in [-0.05, 0) is 18.1 Å². The van der Waals surface area contributed by atoms with Gasteiger partial charge in [0, 0.05) is 17.0 Å². The maximum Gasteiger partial charge on any atom is 0.310 e. The molecule has 3 rings (SSSR count). The summed E-state index contributed by atoms with van der Waals surface area (Å²) in [5, 5.41) is 15.9. The lowest BCUT2D eigenvalue weighted by molar-refractivity contribution is -0.385. The summed E-state index contributed by atoms with van der Waals surface area (Å²) in [6.45, 7) is 1.80. The molecule has 3 aromatic rings. The van der Waals surface area contributed by atoms with E-state index in [1.165, 1.54) is 35.1 Å². The van der Waals surface area contributed by atoms with Crippen LogP contribution < -0.4 is 10.1 Å². The lowest BCUT2D eigenvalue weighted by Gasteiger charge is -2.06. The number of nitro benzene ring substituents is 1. The summed E-state index contributed by atoms with van der Waals surface area (Å²) in [6, 6.07) is 14.1. The van der Waals surface area contributed by atoms with E-state index in [1.54, 1.807) is 6.07 Å². The van der Waals surface area contributed by atoms with Gasteiger partial charge in [0.05, 0.1) is 10.6 Å². The van der Waals surface area contributed by atoms with E-state index in [0.29, 0.717) is 5.13 Å². The Kier molecular flexibility index (Phi) is 6.33. The van der Waals surface area contributed by atoms with Gasteiger partial charge in [0.1, 0.15) is 0 Å². The first kappa shape index (κ1) is 19.5. The van der Waals surface area contributed by atoms with Gasteiger partial charge in [-0.15, -0.1) is 11.3 Å². The number of nitro groups is 1. The third-order valence-electron chi connectivity index (χ3n) is 3.96. The van der Waals surface area contributed by atoms with Crippen LogP contribution in [-0.4, -0.2) is 22.4 Å². The molecule has 0 aliphatic rings. The molecule has 144 valence electrons. The molecule has 0 aliphatic heterocycles. The van der Waals surface area contributed by atoms with Crippen LogP contribution in [0.1, 0.15) is 18.9 Å². The van der Waals surface area contributed by atoms with Crippen LogP contribution in [0.5, 0.6) is 5.75 Å². The molecule has 8 heteroatoms. The lowest BCUT2D eigenvalue weighted by Crippen LogP contribution is -2.20. The molecule has 0 radical (unpaired) electrons. The number of nitrogens with one attached hydrogen (secondary N) is 1. The maximum absolute atomic E-state index is 12.1. The van der Waals surface area contributed by atoms with Crippen molar-refractivity contribution in [2.24, 2.45) is 0 Å². The molecular formula is C20H19N3O4S. The van der Waals surface area contributed by atoms with Gasteiger partial charge >= 0.3 is 5.69 Å². The SMILES string of the molecule is CCCc1ccc(-c2csc(NC(=O)COc3ccccc3[N+](=O)[O-])n2)cc1. The van der Waals surface area contributed by atoms with Crippen molar-refractivity contribution in [3.05, 3.63) is 69.6 Å². The van der Waals surface area contributed by atoms with E-state index < -0.39 is 10.8 Å². The molecule has 0 saturated carbocycles. The first-order valence-corrected chi connectivity index (χ1v) is 9.65. The van der Waals surface area contributed by atoms with Gasteiger partial charge in [0.15, 0.2) is 17.5 Å². The lowest BCUT2D eigenvalue weighted by atomic mass is 10.1. The standard InChI is InChI=1S/C20H19N3O4S/c1-2-5-14-8-10-15(11-9-14)16-13-28-20(21-16)22-19(24)12-27-18-7-4-3-6-17(18)23(25)26/h3-4,6-11,13H,2,5,12H2,1H3,(H,21,22,24). The van der Waals surface area contributed by atoms with Gasteiger partial charge in [-0.25, -0.2) is 4.98 Å². The second-order valence-electron chi connectivity index (χ2n) is 6.05.